The summed E-state index contributed by atoms with van der Waals surface area (Å²) in [5.41, 5.74) is 1.37. The van der Waals surface area contributed by atoms with Crippen molar-refractivity contribution in [2.45, 2.75) is 32.0 Å². The molecule has 2 aromatic rings. The standard InChI is InChI=1S/C18H17ClFN3O/c1-3-15-13(10-22-17(24)18(20)6-7-18)9-21-16(23-15)12-5-4-11(2)14(19)8-12/h3-5,8-9H,1,6-7,10H2,2H3,(H,22,24). The minimum Gasteiger partial charge on any atom is -0.349 e. The van der Waals surface area contributed by atoms with E-state index in [1.165, 1.54) is 0 Å². The largest absolute Gasteiger partial charge is 0.349 e. The van der Waals surface area contributed by atoms with Crippen molar-refractivity contribution in [3.05, 3.63) is 52.8 Å². The summed E-state index contributed by atoms with van der Waals surface area (Å²) in [5.74, 6) is -0.0575. The molecule has 0 atom stereocenters. The lowest BCUT2D eigenvalue weighted by molar-refractivity contribution is -0.127. The third kappa shape index (κ3) is 3.31. The first kappa shape index (κ1) is 16.6. The molecule has 1 aliphatic rings. The van der Waals surface area contributed by atoms with Crippen molar-refractivity contribution in [3.8, 4) is 11.4 Å². The van der Waals surface area contributed by atoms with Crippen molar-refractivity contribution in [3.63, 3.8) is 0 Å². The lowest BCUT2D eigenvalue weighted by atomic mass is 10.1. The van der Waals surface area contributed by atoms with Gasteiger partial charge in [-0.2, -0.15) is 0 Å². The Bertz CT molecular complexity index is 818. The maximum Gasteiger partial charge on any atom is 0.257 e. The van der Waals surface area contributed by atoms with Gasteiger partial charge in [-0.05, 0) is 37.5 Å². The molecule has 0 spiro atoms. The molecule has 0 saturated heterocycles. The number of halogens is 2. The number of aryl methyl sites for hydroxylation is 1. The number of nitrogens with zero attached hydrogens (tertiary/aromatic N) is 2. The summed E-state index contributed by atoms with van der Waals surface area (Å²) in [4.78, 5) is 20.5. The van der Waals surface area contributed by atoms with Gasteiger partial charge in [-0.15, -0.1) is 0 Å². The smallest absolute Gasteiger partial charge is 0.257 e. The molecule has 3 rings (SSSR count). The molecular weight excluding hydrogens is 329 g/mol. The Morgan fingerprint density at radius 1 is 1.50 bits per heavy atom. The maximum atomic E-state index is 13.7. The van der Waals surface area contributed by atoms with Crippen LogP contribution in [0.2, 0.25) is 5.02 Å². The number of benzene rings is 1. The third-order valence-electron chi connectivity index (χ3n) is 4.06. The van der Waals surface area contributed by atoms with Gasteiger partial charge >= 0.3 is 0 Å². The Hall–Kier alpha value is -2.27. The van der Waals surface area contributed by atoms with Gasteiger partial charge in [0.25, 0.3) is 5.91 Å². The molecule has 0 unspecified atom stereocenters. The molecule has 24 heavy (non-hydrogen) atoms. The van der Waals surface area contributed by atoms with Crippen molar-refractivity contribution in [2.75, 3.05) is 0 Å². The molecule has 1 aromatic carbocycles. The van der Waals surface area contributed by atoms with E-state index in [-0.39, 0.29) is 19.4 Å². The molecule has 0 bridgehead atoms. The fourth-order valence-electron chi connectivity index (χ4n) is 2.27. The van der Waals surface area contributed by atoms with Gasteiger partial charge in [-0.1, -0.05) is 30.3 Å². The molecule has 1 fully saturated rings. The van der Waals surface area contributed by atoms with E-state index >= 15 is 0 Å². The van der Waals surface area contributed by atoms with E-state index < -0.39 is 11.6 Å². The Labute approximate surface area is 144 Å². The zero-order chi connectivity index (χ0) is 17.3. The number of rotatable bonds is 5. The van der Waals surface area contributed by atoms with Crippen molar-refractivity contribution in [2.24, 2.45) is 0 Å². The Balaban J connectivity index is 1.81. The van der Waals surface area contributed by atoms with Crippen molar-refractivity contribution >= 4 is 23.6 Å². The molecule has 1 aliphatic carbocycles. The van der Waals surface area contributed by atoms with Crippen molar-refractivity contribution in [1.82, 2.24) is 15.3 Å². The molecule has 1 N–H and O–H groups in total. The fourth-order valence-corrected chi connectivity index (χ4v) is 2.46. The van der Waals surface area contributed by atoms with E-state index in [1.807, 2.05) is 19.1 Å². The minimum atomic E-state index is -1.69. The molecule has 124 valence electrons. The summed E-state index contributed by atoms with van der Waals surface area (Å²) >= 11 is 6.14. The van der Waals surface area contributed by atoms with Crippen LogP contribution in [0.15, 0.2) is 31.0 Å². The lowest BCUT2D eigenvalue weighted by Gasteiger charge is -2.11. The molecule has 4 nitrogen and oxygen atoms in total. The topological polar surface area (TPSA) is 54.9 Å². The zero-order valence-electron chi connectivity index (χ0n) is 13.3. The first-order chi connectivity index (χ1) is 11.4. The summed E-state index contributed by atoms with van der Waals surface area (Å²) in [7, 11) is 0. The minimum absolute atomic E-state index is 0.167. The number of carbonyl (C=O) groups excluding carboxylic acids is 1. The van der Waals surface area contributed by atoms with E-state index in [0.29, 0.717) is 22.1 Å². The van der Waals surface area contributed by atoms with Crippen LogP contribution in [0.25, 0.3) is 17.5 Å². The quantitative estimate of drug-likeness (QED) is 0.895. The first-order valence-corrected chi connectivity index (χ1v) is 8.03. The Morgan fingerprint density at radius 3 is 2.88 bits per heavy atom. The van der Waals surface area contributed by atoms with Gasteiger partial charge in [0.05, 0.1) is 5.69 Å². The van der Waals surface area contributed by atoms with Crippen LogP contribution in [0.4, 0.5) is 4.39 Å². The van der Waals surface area contributed by atoms with Gasteiger partial charge in [-0.25, -0.2) is 14.4 Å². The van der Waals surface area contributed by atoms with Gasteiger partial charge in [0, 0.05) is 28.9 Å². The average molecular weight is 346 g/mol. The highest BCUT2D eigenvalue weighted by molar-refractivity contribution is 6.31. The van der Waals surface area contributed by atoms with E-state index in [1.54, 1.807) is 18.3 Å². The van der Waals surface area contributed by atoms with Gasteiger partial charge in [-0.3, -0.25) is 4.79 Å². The molecular formula is C18H17ClFN3O. The molecule has 0 radical (unpaired) electrons. The van der Waals surface area contributed by atoms with Crippen LogP contribution in [-0.4, -0.2) is 21.5 Å². The predicted molar refractivity (Wildman–Crippen MR) is 92.2 cm³/mol. The summed E-state index contributed by atoms with van der Waals surface area (Å²) in [6.45, 7) is 5.83. The normalized spacial score (nSPS) is 15.0. The number of carbonyl (C=O) groups is 1. The summed E-state index contributed by atoms with van der Waals surface area (Å²) < 4.78 is 13.7. The zero-order valence-corrected chi connectivity index (χ0v) is 14.0. The second-order valence-corrected chi connectivity index (χ2v) is 6.33. The number of hydrogen-bond donors (Lipinski definition) is 1. The number of amides is 1. The van der Waals surface area contributed by atoms with E-state index in [0.717, 1.165) is 11.1 Å². The van der Waals surface area contributed by atoms with E-state index in [9.17, 15) is 9.18 Å². The lowest BCUT2D eigenvalue weighted by Crippen LogP contribution is -2.33. The van der Waals surface area contributed by atoms with Crippen LogP contribution < -0.4 is 5.32 Å². The maximum absolute atomic E-state index is 13.7. The van der Waals surface area contributed by atoms with Crippen LogP contribution in [0.5, 0.6) is 0 Å². The summed E-state index contributed by atoms with van der Waals surface area (Å²) in [6.07, 6.45) is 3.78. The number of alkyl halides is 1. The van der Waals surface area contributed by atoms with Gasteiger partial charge in [0.1, 0.15) is 0 Å². The summed E-state index contributed by atoms with van der Waals surface area (Å²) in [6, 6.07) is 5.60. The monoisotopic (exact) mass is 345 g/mol. The molecule has 6 heteroatoms. The predicted octanol–water partition coefficient (Wildman–Crippen LogP) is 3.87. The van der Waals surface area contributed by atoms with Gasteiger partial charge in [0.15, 0.2) is 11.5 Å². The number of aromatic nitrogens is 2. The Kier molecular flexibility index (Phi) is 4.37. The third-order valence-corrected chi connectivity index (χ3v) is 4.46. The number of hydrogen-bond acceptors (Lipinski definition) is 3. The van der Waals surface area contributed by atoms with E-state index in [2.05, 4.69) is 21.9 Å². The van der Waals surface area contributed by atoms with Crippen molar-refractivity contribution < 1.29 is 9.18 Å². The van der Waals surface area contributed by atoms with Crippen LogP contribution in [0, 0.1) is 6.92 Å². The summed E-state index contributed by atoms with van der Waals surface area (Å²) in [5, 5.41) is 3.23. The van der Waals surface area contributed by atoms with Crippen LogP contribution in [0.3, 0.4) is 0 Å². The molecule has 1 saturated carbocycles. The molecule has 1 heterocycles. The van der Waals surface area contributed by atoms with E-state index in [4.69, 9.17) is 11.6 Å². The second kappa shape index (κ2) is 6.32. The highest BCUT2D eigenvalue weighted by Gasteiger charge is 2.50. The SMILES string of the molecule is C=Cc1nc(-c2ccc(C)c(Cl)c2)ncc1CNC(=O)C1(F)CC1. The Morgan fingerprint density at radius 2 is 2.25 bits per heavy atom. The second-order valence-electron chi connectivity index (χ2n) is 5.92. The van der Waals surface area contributed by atoms with Gasteiger partial charge < -0.3 is 5.32 Å². The molecule has 1 amide bonds. The van der Waals surface area contributed by atoms with Gasteiger partial charge in [0.2, 0.25) is 0 Å². The van der Waals surface area contributed by atoms with Crippen LogP contribution in [-0.2, 0) is 11.3 Å². The van der Waals surface area contributed by atoms with Crippen LogP contribution >= 0.6 is 11.6 Å². The molecule has 0 aliphatic heterocycles. The highest BCUT2D eigenvalue weighted by Crippen LogP contribution is 2.39. The van der Waals surface area contributed by atoms with Crippen molar-refractivity contribution in [1.29, 1.82) is 0 Å². The number of nitrogens with one attached hydrogen (secondary N) is 1. The first-order valence-electron chi connectivity index (χ1n) is 7.65. The fraction of sp³-hybridized carbons (Fsp3) is 0.278. The molecule has 1 aromatic heterocycles. The average Bonchev–Trinajstić information content (AvgIpc) is 3.34. The highest BCUT2D eigenvalue weighted by atomic mass is 35.5. The van der Waals surface area contributed by atoms with Crippen LogP contribution in [0.1, 0.15) is 29.7 Å².